The van der Waals surface area contributed by atoms with Gasteiger partial charge in [0.1, 0.15) is 0 Å². The van der Waals surface area contributed by atoms with Gasteiger partial charge in [0.2, 0.25) is 0 Å². The van der Waals surface area contributed by atoms with Gasteiger partial charge in [-0.25, -0.2) is 0 Å². The first-order chi connectivity index (χ1) is 6.79. The van der Waals surface area contributed by atoms with Gasteiger partial charge in [-0.05, 0) is 18.2 Å². The van der Waals surface area contributed by atoms with Crippen molar-refractivity contribution in [2.75, 3.05) is 13.1 Å². The number of nitrogens with zero attached hydrogens (tertiary/aromatic N) is 1. The summed E-state index contributed by atoms with van der Waals surface area (Å²) in [7, 11) is -6.00. The second-order valence-corrected chi connectivity index (χ2v) is 3.61. The van der Waals surface area contributed by atoms with Gasteiger partial charge >= 0.3 is 7.25 Å². The van der Waals surface area contributed by atoms with Crippen LogP contribution >= 0.6 is 0 Å². The molecule has 1 aliphatic rings. The average molecular weight is 224 g/mol. The molecule has 0 aromatic carbocycles. The summed E-state index contributed by atoms with van der Waals surface area (Å²) in [5.74, 6) is 0.760. The van der Waals surface area contributed by atoms with Gasteiger partial charge in [0.05, 0.1) is 0 Å². The van der Waals surface area contributed by atoms with E-state index in [2.05, 4.69) is 43.2 Å². The third kappa shape index (κ3) is 13.1. The fourth-order valence-electron chi connectivity index (χ4n) is 1.11. The zero-order valence-electron chi connectivity index (χ0n) is 8.84. The predicted octanol–water partition coefficient (Wildman–Crippen LogP) is 3.33. The molecule has 0 radical (unpaired) electrons. The second-order valence-electron chi connectivity index (χ2n) is 3.61. The van der Waals surface area contributed by atoms with Gasteiger partial charge in [0.15, 0.2) is 0 Å². The van der Waals surface area contributed by atoms with Crippen LogP contribution in [0.1, 0.15) is 13.8 Å². The minimum absolute atomic E-state index is 0.760. The standard InChI is InChI=1S/C9H15N.BF4/c1-9(2)8-10-6-4-3-5-7-10;2-1(3,4)5/h3-6,9H,7-8H2,1-2H3;/q;-1. The lowest BCUT2D eigenvalue weighted by molar-refractivity contribution is 0.357. The summed E-state index contributed by atoms with van der Waals surface area (Å²) in [6.45, 7) is 6.73. The lowest BCUT2D eigenvalue weighted by atomic mass is 10.2. The van der Waals surface area contributed by atoms with E-state index in [1.54, 1.807) is 0 Å². The first kappa shape index (κ1) is 14.1. The molecule has 88 valence electrons. The van der Waals surface area contributed by atoms with Gasteiger partial charge in [0.25, 0.3) is 0 Å². The Morgan fingerprint density at radius 2 is 1.73 bits per heavy atom. The summed E-state index contributed by atoms with van der Waals surface area (Å²) >= 11 is 0. The highest BCUT2D eigenvalue weighted by molar-refractivity contribution is 6.50. The minimum Gasteiger partial charge on any atom is -0.418 e. The number of halogens is 4. The molecule has 0 aliphatic carbocycles. The Morgan fingerprint density at radius 1 is 1.20 bits per heavy atom. The molecule has 0 bridgehead atoms. The highest BCUT2D eigenvalue weighted by Crippen LogP contribution is 2.06. The van der Waals surface area contributed by atoms with Crippen LogP contribution in [0.5, 0.6) is 0 Å². The second kappa shape index (κ2) is 6.53. The van der Waals surface area contributed by atoms with Crippen molar-refractivity contribution in [2.24, 2.45) is 5.92 Å². The molecule has 1 aliphatic heterocycles. The van der Waals surface area contributed by atoms with Crippen LogP contribution in [0.4, 0.5) is 17.3 Å². The van der Waals surface area contributed by atoms with E-state index in [1.807, 2.05) is 0 Å². The molecule has 1 heterocycles. The molecule has 15 heavy (non-hydrogen) atoms. The van der Waals surface area contributed by atoms with Crippen LogP contribution in [-0.2, 0) is 0 Å². The van der Waals surface area contributed by atoms with E-state index in [9.17, 15) is 17.3 Å². The third-order valence-corrected chi connectivity index (χ3v) is 1.48. The van der Waals surface area contributed by atoms with Crippen molar-refractivity contribution in [2.45, 2.75) is 13.8 Å². The fourth-order valence-corrected chi connectivity index (χ4v) is 1.11. The van der Waals surface area contributed by atoms with Crippen molar-refractivity contribution in [1.29, 1.82) is 0 Å². The van der Waals surface area contributed by atoms with E-state index < -0.39 is 7.25 Å². The van der Waals surface area contributed by atoms with Crippen molar-refractivity contribution < 1.29 is 17.3 Å². The Bertz CT molecular complexity index is 217. The number of rotatable bonds is 2. The van der Waals surface area contributed by atoms with Gasteiger partial charge in [0, 0.05) is 13.1 Å². The number of hydrogen-bond donors (Lipinski definition) is 0. The molecule has 0 saturated carbocycles. The summed E-state index contributed by atoms with van der Waals surface area (Å²) in [6, 6.07) is 0. The highest BCUT2D eigenvalue weighted by Gasteiger charge is 2.20. The van der Waals surface area contributed by atoms with Crippen molar-refractivity contribution in [1.82, 2.24) is 4.90 Å². The molecule has 0 saturated heterocycles. The lowest BCUT2D eigenvalue weighted by Crippen LogP contribution is -2.23. The molecule has 0 fully saturated rings. The van der Waals surface area contributed by atoms with E-state index in [1.165, 1.54) is 6.54 Å². The molecule has 0 aromatic heterocycles. The number of hydrogen-bond acceptors (Lipinski definition) is 1. The van der Waals surface area contributed by atoms with E-state index in [0.717, 1.165) is 12.5 Å². The number of allylic oxidation sites excluding steroid dienone is 2. The minimum atomic E-state index is -6.00. The van der Waals surface area contributed by atoms with Gasteiger partial charge in [-0.15, -0.1) is 0 Å². The normalized spacial score (nSPS) is 15.3. The van der Waals surface area contributed by atoms with Gasteiger partial charge in [-0.1, -0.05) is 26.0 Å². The van der Waals surface area contributed by atoms with Crippen LogP contribution in [0, 0.1) is 5.92 Å². The zero-order chi connectivity index (χ0) is 11.9. The summed E-state index contributed by atoms with van der Waals surface area (Å²) in [5.41, 5.74) is 0. The van der Waals surface area contributed by atoms with Crippen LogP contribution in [0.25, 0.3) is 0 Å². The molecular formula is C9H15BF4N-. The van der Waals surface area contributed by atoms with E-state index in [-0.39, 0.29) is 0 Å². The van der Waals surface area contributed by atoms with Crippen molar-refractivity contribution in [3.8, 4) is 0 Å². The van der Waals surface area contributed by atoms with Crippen molar-refractivity contribution >= 4 is 7.25 Å². The largest absolute Gasteiger partial charge is 0.673 e. The predicted molar refractivity (Wildman–Crippen MR) is 54.9 cm³/mol. The molecule has 1 nitrogen and oxygen atoms in total. The SMILES string of the molecule is CC(C)CN1C=CC=CC1.F[B-](F)(F)F. The Labute approximate surface area is 87.6 Å². The Morgan fingerprint density at radius 3 is 2.07 bits per heavy atom. The Hall–Kier alpha value is -0.935. The first-order valence-corrected chi connectivity index (χ1v) is 4.73. The topological polar surface area (TPSA) is 3.24 Å². The quantitative estimate of drug-likeness (QED) is 0.513. The maximum absolute atomic E-state index is 9.75. The first-order valence-electron chi connectivity index (χ1n) is 4.73. The van der Waals surface area contributed by atoms with Crippen LogP contribution in [0.15, 0.2) is 24.4 Å². The molecule has 0 unspecified atom stereocenters. The maximum atomic E-state index is 9.75. The molecule has 1 rings (SSSR count). The molecule has 0 N–H and O–H groups in total. The Kier molecular flexibility index (Phi) is 6.12. The van der Waals surface area contributed by atoms with Crippen molar-refractivity contribution in [3.63, 3.8) is 0 Å². The van der Waals surface area contributed by atoms with Crippen LogP contribution in [0.3, 0.4) is 0 Å². The van der Waals surface area contributed by atoms with Crippen LogP contribution in [-0.4, -0.2) is 25.2 Å². The van der Waals surface area contributed by atoms with Gasteiger partial charge < -0.3 is 22.2 Å². The van der Waals surface area contributed by atoms with Gasteiger partial charge in [-0.3, -0.25) is 0 Å². The van der Waals surface area contributed by atoms with Gasteiger partial charge in [-0.2, -0.15) is 0 Å². The average Bonchev–Trinajstić information content (AvgIpc) is 2.01. The lowest BCUT2D eigenvalue weighted by Gasteiger charge is -2.22. The fraction of sp³-hybridized carbons (Fsp3) is 0.556. The Balaban J connectivity index is 0.000000336. The monoisotopic (exact) mass is 224 g/mol. The molecule has 6 heteroatoms. The highest BCUT2D eigenvalue weighted by atomic mass is 19.5. The van der Waals surface area contributed by atoms with E-state index >= 15 is 0 Å². The summed E-state index contributed by atoms with van der Waals surface area (Å²) in [6.07, 6.45) is 8.52. The molecular weight excluding hydrogens is 209 g/mol. The summed E-state index contributed by atoms with van der Waals surface area (Å²) < 4.78 is 39.0. The van der Waals surface area contributed by atoms with E-state index in [0.29, 0.717) is 0 Å². The van der Waals surface area contributed by atoms with Crippen LogP contribution in [0.2, 0.25) is 0 Å². The molecule has 0 spiro atoms. The summed E-state index contributed by atoms with van der Waals surface area (Å²) in [4.78, 5) is 2.32. The third-order valence-electron chi connectivity index (χ3n) is 1.48. The van der Waals surface area contributed by atoms with Crippen molar-refractivity contribution in [3.05, 3.63) is 24.4 Å². The molecule has 0 amide bonds. The summed E-state index contributed by atoms with van der Waals surface area (Å²) in [5, 5.41) is 0. The smallest absolute Gasteiger partial charge is 0.418 e. The molecule has 0 aromatic rings. The zero-order valence-corrected chi connectivity index (χ0v) is 8.84. The molecule has 0 atom stereocenters. The van der Waals surface area contributed by atoms with Crippen LogP contribution < -0.4 is 0 Å². The van der Waals surface area contributed by atoms with E-state index in [4.69, 9.17) is 0 Å². The maximum Gasteiger partial charge on any atom is 0.673 e.